The molecule has 3 aromatic rings. The third-order valence-corrected chi connectivity index (χ3v) is 12.6. The van der Waals surface area contributed by atoms with Gasteiger partial charge in [-0.15, -0.1) is 0 Å². The number of amidine groups is 1. The molecule has 5 aliphatic rings. The Hall–Kier alpha value is -3.72. The summed E-state index contributed by atoms with van der Waals surface area (Å²) in [5.74, 6) is -1.42. The number of aromatic nitrogens is 1. The highest BCUT2D eigenvalue weighted by molar-refractivity contribution is 7.92. The number of hydrogen-bond acceptors (Lipinski definition) is 9. The van der Waals surface area contributed by atoms with E-state index in [2.05, 4.69) is 37.2 Å². The smallest absolute Gasteiger partial charge is 0.232 e. The van der Waals surface area contributed by atoms with E-state index in [0.29, 0.717) is 51.4 Å². The quantitative estimate of drug-likeness (QED) is 0.304. The lowest BCUT2D eigenvalue weighted by atomic mass is 9.65. The second-order valence-electron chi connectivity index (χ2n) is 14.3. The van der Waals surface area contributed by atoms with Crippen LogP contribution in [-0.2, 0) is 21.2 Å². The number of halogens is 2. The molecular weight excluding hydrogens is 649 g/mol. The summed E-state index contributed by atoms with van der Waals surface area (Å²) in [5, 5.41) is 6.53. The van der Waals surface area contributed by atoms with Crippen LogP contribution in [0.4, 0.5) is 31.7 Å². The Morgan fingerprint density at radius 2 is 1.78 bits per heavy atom. The van der Waals surface area contributed by atoms with Crippen LogP contribution in [0.3, 0.4) is 0 Å². The van der Waals surface area contributed by atoms with Gasteiger partial charge in [0.05, 0.1) is 28.9 Å². The van der Waals surface area contributed by atoms with E-state index >= 15 is 8.78 Å². The highest BCUT2D eigenvalue weighted by atomic mass is 32.2. The van der Waals surface area contributed by atoms with Gasteiger partial charge in [0, 0.05) is 74.6 Å². The van der Waals surface area contributed by atoms with Crippen LogP contribution in [0.2, 0.25) is 0 Å². The molecule has 262 valence electrons. The molecule has 1 saturated carbocycles. The normalized spacial score (nSPS) is 24.3. The van der Waals surface area contributed by atoms with Gasteiger partial charge in [-0.3, -0.25) is 14.9 Å². The van der Waals surface area contributed by atoms with Gasteiger partial charge in [0.1, 0.15) is 23.3 Å². The second kappa shape index (κ2) is 12.0. The molecular formula is C35H45F2N9O2S. The van der Waals surface area contributed by atoms with E-state index in [9.17, 15) is 8.42 Å². The van der Waals surface area contributed by atoms with Crippen molar-refractivity contribution in [2.75, 3.05) is 78.5 Å². The van der Waals surface area contributed by atoms with Crippen LogP contribution in [0.25, 0.3) is 0 Å². The van der Waals surface area contributed by atoms with E-state index in [1.54, 1.807) is 24.4 Å². The molecule has 14 heteroatoms. The summed E-state index contributed by atoms with van der Waals surface area (Å²) in [6.07, 6.45) is 7.24. The van der Waals surface area contributed by atoms with Crippen molar-refractivity contribution in [1.82, 2.24) is 14.8 Å². The summed E-state index contributed by atoms with van der Waals surface area (Å²) in [4.78, 5) is 15.2. The fraction of sp³-hybridized carbons (Fsp3) is 0.514. The minimum Gasteiger partial charge on any atom is -0.369 e. The molecule has 1 aliphatic carbocycles. The molecule has 2 aromatic carbocycles. The molecule has 1 unspecified atom stereocenters. The first-order chi connectivity index (χ1) is 23.5. The van der Waals surface area contributed by atoms with Gasteiger partial charge < -0.3 is 25.4 Å². The first-order valence-electron chi connectivity index (χ1n) is 17.4. The number of aromatic amines is 1. The summed E-state index contributed by atoms with van der Waals surface area (Å²) in [6.45, 7) is 9.48. The lowest BCUT2D eigenvalue weighted by molar-refractivity contribution is 0.0878. The van der Waals surface area contributed by atoms with Crippen LogP contribution in [0.15, 0.2) is 47.6 Å². The van der Waals surface area contributed by atoms with Gasteiger partial charge in [0.25, 0.3) is 0 Å². The molecule has 4 aliphatic heterocycles. The monoisotopic (exact) mass is 693 g/mol. The fourth-order valence-corrected chi connectivity index (χ4v) is 9.56. The predicted octanol–water partition coefficient (Wildman–Crippen LogP) is 4.15. The molecule has 49 heavy (non-hydrogen) atoms. The average Bonchev–Trinajstić information content (AvgIpc) is 3.70. The van der Waals surface area contributed by atoms with Crippen molar-refractivity contribution in [2.24, 2.45) is 10.7 Å². The summed E-state index contributed by atoms with van der Waals surface area (Å²) in [5.41, 5.74) is 9.16. The summed E-state index contributed by atoms with van der Waals surface area (Å²) >= 11 is 0. The number of nitrogens with zero attached hydrogens (tertiary/aromatic N) is 5. The zero-order chi connectivity index (χ0) is 34.1. The van der Waals surface area contributed by atoms with E-state index < -0.39 is 27.0 Å². The Morgan fingerprint density at radius 3 is 2.43 bits per heavy atom. The molecule has 8 rings (SSSR count). The summed E-state index contributed by atoms with van der Waals surface area (Å²) in [7, 11) is -3.70. The second-order valence-corrected chi connectivity index (χ2v) is 16.2. The van der Waals surface area contributed by atoms with Crippen molar-refractivity contribution in [3.63, 3.8) is 0 Å². The molecule has 2 saturated heterocycles. The largest absolute Gasteiger partial charge is 0.369 e. The van der Waals surface area contributed by atoms with Crippen LogP contribution in [0.5, 0.6) is 0 Å². The SMILES string of the molecule is CCN1CCN(C2CCN(c3ccc(C4(N)N=C(Nc5ccc(F)c6c5N(S(C)(=O)=O)CC65CCC5)c5cc[nH]c5N4)cc3F)CC2)CC1. The van der Waals surface area contributed by atoms with E-state index in [4.69, 9.17) is 10.7 Å². The molecule has 0 amide bonds. The number of rotatable bonds is 6. The Kier molecular flexibility index (Phi) is 7.93. The fourth-order valence-electron chi connectivity index (χ4n) is 8.56. The number of H-pyrrole nitrogens is 1. The number of anilines is 4. The average molecular weight is 694 g/mol. The van der Waals surface area contributed by atoms with Gasteiger partial charge in [-0.1, -0.05) is 19.4 Å². The lowest BCUT2D eigenvalue weighted by Gasteiger charge is -2.43. The van der Waals surface area contributed by atoms with Crippen molar-refractivity contribution < 1.29 is 17.2 Å². The van der Waals surface area contributed by atoms with Crippen molar-refractivity contribution in [3.8, 4) is 0 Å². The molecule has 1 aromatic heterocycles. The van der Waals surface area contributed by atoms with Gasteiger partial charge >= 0.3 is 0 Å². The van der Waals surface area contributed by atoms with Gasteiger partial charge in [-0.2, -0.15) is 0 Å². The molecule has 11 nitrogen and oxygen atoms in total. The minimum atomic E-state index is -3.70. The molecule has 3 fully saturated rings. The highest BCUT2D eigenvalue weighted by Crippen LogP contribution is 2.56. The molecule has 5 heterocycles. The van der Waals surface area contributed by atoms with Gasteiger partial charge in [-0.25, -0.2) is 22.2 Å². The number of aliphatic imine (C=N–C) groups is 1. The Bertz CT molecular complexity index is 1900. The topological polar surface area (TPSA) is 125 Å². The number of hydrogen-bond donors (Lipinski definition) is 4. The minimum absolute atomic E-state index is 0.209. The van der Waals surface area contributed by atoms with Crippen molar-refractivity contribution in [3.05, 3.63) is 70.9 Å². The maximum atomic E-state index is 15.9. The predicted molar refractivity (Wildman–Crippen MR) is 190 cm³/mol. The van der Waals surface area contributed by atoms with Crippen LogP contribution >= 0.6 is 0 Å². The van der Waals surface area contributed by atoms with Crippen LogP contribution in [0.1, 0.15) is 55.7 Å². The number of nitrogens with one attached hydrogen (secondary N) is 3. The van der Waals surface area contributed by atoms with Crippen LogP contribution in [-0.4, -0.2) is 93.7 Å². The van der Waals surface area contributed by atoms with Crippen LogP contribution < -0.4 is 25.6 Å². The number of likely N-dealkylation sites (N-methyl/N-ethyl adjacent to an activating group) is 1. The Morgan fingerprint density at radius 1 is 1.02 bits per heavy atom. The number of fused-ring (bicyclic) bond motifs is 3. The first kappa shape index (κ1) is 32.5. The van der Waals surface area contributed by atoms with Gasteiger partial charge in [0.2, 0.25) is 15.8 Å². The maximum Gasteiger partial charge on any atom is 0.232 e. The first-order valence-corrected chi connectivity index (χ1v) is 19.3. The standard InChI is InChI=1S/C35H45F2N9O2S/c1-3-43-17-19-44(20-18-43)24-10-15-45(16-11-24)29-8-5-23(21-27(29)37)35(38)41-32-25(9-14-39-32)33(42-35)40-28-7-6-26(36)30-31(28)46(49(2,47)48)22-34(30)12-4-13-34/h5-9,14,21,24,39,41H,3-4,10-13,15-20,22,38H2,1-2H3,(H,40,42). The van der Waals surface area contributed by atoms with E-state index in [1.807, 2.05) is 6.07 Å². The molecule has 5 N–H and O–H groups in total. The summed E-state index contributed by atoms with van der Waals surface area (Å²) < 4.78 is 58.6. The maximum absolute atomic E-state index is 15.9. The number of nitrogens with two attached hydrogens (primary N) is 1. The molecule has 0 radical (unpaired) electrons. The van der Waals surface area contributed by atoms with Gasteiger partial charge in [-0.05, 0) is 62.6 Å². The Labute approximate surface area is 286 Å². The van der Waals surface area contributed by atoms with Gasteiger partial charge in [0.15, 0.2) is 0 Å². The van der Waals surface area contributed by atoms with E-state index in [0.717, 1.165) is 84.2 Å². The third kappa shape index (κ3) is 5.56. The Balaban J connectivity index is 1.06. The van der Waals surface area contributed by atoms with Crippen molar-refractivity contribution in [2.45, 2.75) is 56.3 Å². The van der Waals surface area contributed by atoms with E-state index in [-0.39, 0.29) is 12.4 Å². The zero-order valence-corrected chi connectivity index (χ0v) is 28.9. The number of piperazine rings is 1. The molecule has 1 atom stereocenters. The molecule has 0 bridgehead atoms. The van der Waals surface area contributed by atoms with Crippen LogP contribution in [0, 0.1) is 11.6 Å². The highest BCUT2D eigenvalue weighted by Gasteiger charge is 2.52. The number of piperidine rings is 1. The third-order valence-electron chi connectivity index (χ3n) is 11.5. The van der Waals surface area contributed by atoms with Crippen molar-refractivity contribution >= 4 is 38.7 Å². The van der Waals surface area contributed by atoms with Crippen molar-refractivity contribution in [1.29, 1.82) is 0 Å². The zero-order valence-electron chi connectivity index (χ0n) is 28.1. The number of benzene rings is 2. The number of sulfonamides is 1. The lowest BCUT2D eigenvalue weighted by Crippen LogP contribution is -2.53. The van der Waals surface area contributed by atoms with E-state index in [1.165, 1.54) is 16.4 Å². The molecule has 1 spiro atoms. The summed E-state index contributed by atoms with van der Waals surface area (Å²) in [6, 6.07) is 10.3.